The summed E-state index contributed by atoms with van der Waals surface area (Å²) in [5.41, 5.74) is 0.321. The molecule has 1 rings (SSSR count). The molecule has 0 saturated carbocycles. The zero-order chi connectivity index (χ0) is 12.7. The average molecular weight is 233 g/mol. The van der Waals surface area contributed by atoms with Gasteiger partial charge in [-0.15, -0.1) is 6.42 Å². The van der Waals surface area contributed by atoms with Crippen molar-refractivity contribution in [2.75, 3.05) is 13.2 Å². The van der Waals surface area contributed by atoms with Crippen molar-refractivity contribution < 1.29 is 9.84 Å². The van der Waals surface area contributed by atoms with Crippen molar-refractivity contribution in [1.29, 1.82) is 0 Å². The molecule has 0 fully saturated rings. The van der Waals surface area contributed by atoms with Crippen LogP contribution in [0.5, 0.6) is 5.75 Å². The zero-order valence-electron chi connectivity index (χ0n) is 10.4. The molecule has 17 heavy (non-hydrogen) atoms. The van der Waals surface area contributed by atoms with Crippen molar-refractivity contribution in [3.05, 3.63) is 29.8 Å². The molecule has 0 atom stereocenters. The Kier molecular flexibility index (Phi) is 5.02. The first-order valence-corrected chi connectivity index (χ1v) is 5.60. The van der Waals surface area contributed by atoms with Crippen molar-refractivity contribution in [2.45, 2.75) is 26.0 Å². The minimum Gasteiger partial charge on any atom is -0.481 e. The van der Waals surface area contributed by atoms with Crippen molar-refractivity contribution in [3.63, 3.8) is 0 Å². The minimum absolute atomic E-state index is 0.266. The molecule has 0 bridgehead atoms. The fraction of sp³-hybridized carbons (Fsp3) is 0.429. The van der Waals surface area contributed by atoms with Gasteiger partial charge >= 0.3 is 0 Å². The van der Waals surface area contributed by atoms with E-state index in [1.165, 1.54) is 0 Å². The summed E-state index contributed by atoms with van der Waals surface area (Å²) in [7, 11) is 0. The van der Waals surface area contributed by atoms with E-state index in [0.29, 0.717) is 13.1 Å². The third-order valence-electron chi connectivity index (χ3n) is 2.16. The van der Waals surface area contributed by atoms with Gasteiger partial charge in [0.25, 0.3) is 0 Å². The van der Waals surface area contributed by atoms with Gasteiger partial charge in [-0.2, -0.15) is 0 Å². The van der Waals surface area contributed by atoms with Crippen LogP contribution >= 0.6 is 0 Å². The van der Waals surface area contributed by atoms with E-state index in [0.717, 1.165) is 11.3 Å². The Morgan fingerprint density at radius 2 is 2.12 bits per heavy atom. The second-order valence-electron chi connectivity index (χ2n) is 4.52. The van der Waals surface area contributed by atoms with E-state index in [-0.39, 0.29) is 6.61 Å². The van der Waals surface area contributed by atoms with Crippen LogP contribution in [-0.4, -0.2) is 23.9 Å². The number of nitrogens with one attached hydrogen (secondary N) is 1. The van der Waals surface area contributed by atoms with Crippen LogP contribution in [0.2, 0.25) is 0 Å². The number of para-hydroxylation sites is 1. The molecule has 0 aromatic heterocycles. The lowest BCUT2D eigenvalue weighted by atomic mass is 10.1. The lowest BCUT2D eigenvalue weighted by Gasteiger charge is -2.18. The van der Waals surface area contributed by atoms with Gasteiger partial charge in [0.1, 0.15) is 12.4 Å². The van der Waals surface area contributed by atoms with Gasteiger partial charge in [-0.1, -0.05) is 24.1 Å². The predicted octanol–water partition coefficient (Wildman–Crippen LogP) is 1.56. The quantitative estimate of drug-likeness (QED) is 0.733. The summed E-state index contributed by atoms with van der Waals surface area (Å²) in [6.45, 7) is 4.96. The molecule has 0 aliphatic heterocycles. The van der Waals surface area contributed by atoms with Crippen LogP contribution in [0.3, 0.4) is 0 Å². The highest BCUT2D eigenvalue weighted by Gasteiger charge is 2.11. The fourth-order valence-corrected chi connectivity index (χ4v) is 1.41. The number of hydrogen-bond acceptors (Lipinski definition) is 3. The van der Waals surface area contributed by atoms with Crippen molar-refractivity contribution in [3.8, 4) is 18.1 Å². The molecule has 0 unspecified atom stereocenters. The Morgan fingerprint density at radius 1 is 1.41 bits per heavy atom. The Bertz CT molecular complexity index is 388. The van der Waals surface area contributed by atoms with Crippen LogP contribution in [0.15, 0.2) is 24.3 Å². The number of hydrogen-bond donors (Lipinski definition) is 2. The van der Waals surface area contributed by atoms with Gasteiger partial charge < -0.3 is 15.2 Å². The maximum atomic E-state index is 9.59. The lowest BCUT2D eigenvalue weighted by molar-refractivity contribution is 0.0794. The Morgan fingerprint density at radius 3 is 2.76 bits per heavy atom. The molecule has 3 heteroatoms. The highest BCUT2D eigenvalue weighted by atomic mass is 16.5. The zero-order valence-corrected chi connectivity index (χ0v) is 10.4. The largest absolute Gasteiger partial charge is 0.481 e. The summed E-state index contributed by atoms with van der Waals surface area (Å²) in [6, 6.07) is 7.72. The minimum atomic E-state index is -0.714. The maximum Gasteiger partial charge on any atom is 0.148 e. The van der Waals surface area contributed by atoms with E-state index in [1.54, 1.807) is 13.8 Å². The number of ether oxygens (including phenoxy) is 1. The summed E-state index contributed by atoms with van der Waals surface area (Å²) in [4.78, 5) is 0. The van der Waals surface area contributed by atoms with Crippen molar-refractivity contribution in [2.24, 2.45) is 0 Å². The van der Waals surface area contributed by atoms with Crippen molar-refractivity contribution in [1.82, 2.24) is 5.32 Å². The van der Waals surface area contributed by atoms with Crippen LogP contribution in [0.4, 0.5) is 0 Å². The normalized spacial score (nSPS) is 10.9. The van der Waals surface area contributed by atoms with E-state index in [4.69, 9.17) is 11.2 Å². The van der Waals surface area contributed by atoms with Gasteiger partial charge in [-0.3, -0.25) is 0 Å². The summed E-state index contributed by atoms with van der Waals surface area (Å²) < 4.78 is 5.43. The molecule has 2 N–H and O–H groups in total. The molecule has 0 saturated heterocycles. The molecular formula is C14H19NO2. The molecule has 1 aromatic rings. The van der Waals surface area contributed by atoms with E-state index < -0.39 is 5.60 Å². The monoisotopic (exact) mass is 233 g/mol. The standard InChI is InChI=1S/C14H19NO2/c1-4-9-17-13-8-6-5-7-12(13)10-15-11-14(2,3)16/h1,5-8,15-16H,9-11H2,2-3H3. The van der Waals surface area contributed by atoms with E-state index in [1.807, 2.05) is 24.3 Å². The smallest absolute Gasteiger partial charge is 0.148 e. The molecule has 3 nitrogen and oxygen atoms in total. The summed E-state index contributed by atoms with van der Waals surface area (Å²) >= 11 is 0. The Labute approximate surface area is 103 Å². The molecule has 0 aliphatic carbocycles. The van der Waals surface area contributed by atoms with Gasteiger partial charge in [-0.05, 0) is 19.9 Å². The van der Waals surface area contributed by atoms with Gasteiger partial charge in [-0.25, -0.2) is 0 Å². The van der Waals surface area contributed by atoms with Gasteiger partial charge in [0, 0.05) is 18.7 Å². The third-order valence-corrected chi connectivity index (χ3v) is 2.16. The van der Waals surface area contributed by atoms with E-state index in [9.17, 15) is 5.11 Å². The molecule has 92 valence electrons. The molecule has 0 radical (unpaired) electrons. The maximum absolute atomic E-state index is 9.59. The second-order valence-corrected chi connectivity index (χ2v) is 4.52. The first kappa shape index (κ1) is 13.6. The molecular weight excluding hydrogens is 214 g/mol. The topological polar surface area (TPSA) is 41.5 Å². The summed E-state index contributed by atoms with van der Waals surface area (Å²) in [6.07, 6.45) is 5.16. The van der Waals surface area contributed by atoms with E-state index >= 15 is 0 Å². The first-order valence-electron chi connectivity index (χ1n) is 5.60. The number of terminal acetylenes is 1. The molecule has 0 aliphatic rings. The number of benzene rings is 1. The van der Waals surface area contributed by atoms with Crippen molar-refractivity contribution >= 4 is 0 Å². The highest BCUT2D eigenvalue weighted by molar-refractivity contribution is 5.33. The van der Waals surface area contributed by atoms with Crippen LogP contribution < -0.4 is 10.1 Å². The number of aliphatic hydroxyl groups is 1. The molecule has 0 heterocycles. The highest BCUT2D eigenvalue weighted by Crippen LogP contribution is 2.17. The first-order chi connectivity index (χ1) is 8.03. The van der Waals surface area contributed by atoms with Gasteiger partial charge in [0.05, 0.1) is 5.60 Å². The van der Waals surface area contributed by atoms with Crippen LogP contribution in [0.25, 0.3) is 0 Å². The van der Waals surface area contributed by atoms with Crippen LogP contribution in [0, 0.1) is 12.3 Å². The summed E-state index contributed by atoms with van der Waals surface area (Å²) in [5.74, 6) is 3.23. The summed E-state index contributed by atoms with van der Waals surface area (Å²) in [5, 5.41) is 12.8. The molecule has 0 amide bonds. The van der Waals surface area contributed by atoms with Gasteiger partial charge in [0.15, 0.2) is 0 Å². The Hall–Kier alpha value is -1.50. The fourth-order valence-electron chi connectivity index (χ4n) is 1.41. The van der Waals surface area contributed by atoms with Crippen LogP contribution in [0.1, 0.15) is 19.4 Å². The average Bonchev–Trinajstić information content (AvgIpc) is 2.26. The predicted molar refractivity (Wildman–Crippen MR) is 68.8 cm³/mol. The molecule has 1 aromatic carbocycles. The number of rotatable bonds is 6. The Balaban J connectivity index is 2.55. The molecule has 0 spiro atoms. The third kappa shape index (κ3) is 5.39. The SMILES string of the molecule is C#CCOc1ccccc1CNCC(C)(C)O. The second kappa shape index (κ2) is 6.29. The van der Waals surface area contributed by atoms with E-state index in [2.05, 4.69) is 11.2 Å². The van der Waals surface area contributed by atoms with Gasteiger partial charge in [0.2, 0.25) is 0 Å². The lowest BCUT2D eigenvalue weighted by Crippen LogP contribution is -2.34. The van der Waals surface area contributed by atoms with Crippen LogP contribution in [-0.2, 0) is 6.54 Å².